The molecule has 0 unspecified atom stereocenters. The summed E-state index contributed by atoms with van der Waals surface area (Å²) in [6.45, 7) is 6.12. The summed E-state index contributed by atoms with van der Waals surface area (Å²) >= 11 is 0. The molecule has 0 bridgehead atoms. The molecule has 3 heteroatoms. The molecule has 0 aliphatic rings. The van der Waals surface area contributed by atoms with Crippen LogP contribution in [-0.4, -0.2) is 5.91 Å². The van der Waals surface area contributed by atoms with Gasteiger partial charge in [-0.1, -0.05) is 42.0 Å². The van der Waals surface area contributed by atoms with Crippen LogP contribution in [0.1, 0.15) is 28.9 Å². The average molecular weight is 333 g/mol. The number of rotatable bonds is 5. The molecule has 0 saturated heterocycles. The molecule has 0 aliphatic carbocycles. The van der Waals surface area contributed by atoms with Crippen LogP contribution in [0.25, 0.3) is 11.3 Å². The smallest absolute Gasteiger partial charge is 0.224 e. The zero-order chi connectivity index (χ0) is 17.8. The van der Waals surface area contributed by atoms with E-state index in [2.05, 4.69) is 24.4 Å². The highest BCUT2D eigenvalue weighted by Gasteiger charge is 2.09. The Morgan fingerprint density at radius 1 is 0.960 bits per heavy atom. The summed E-state index contributed by atoms with van der Waals surface area (Å²) < 4.78 is 5.87. The summed E-state index contributed by atoms with van der Waals surface area (Å²) in [6, 6.07) is 18.1. The van der Waals surface area contributed by atoms with Gasteiger partial charge in [-0.15, -0.1) is 0 Å². The number of carbonyl (C=O) groups excluding carboxylic acids is 1. The molecular formula is C22H23NO2. The van der Waals surface area contributed by atoms with Gasteiger partial charge in [0.15, 0.2) is 0 Å². The maximum atomic E-state index is 12.2. The monoisotopic (exact) mass is 333 g/mol. The standard InChI is InChI=1S/C22H23NO2/c1-15-7-9-18(10-8-15)21-13-11-19(25-21)12-14-22(24)23-20-6-4-5-16(2)17(20)3/h4-11,13H,12,14H2,1-3H3,(H,23,24). The summed E-state index contributed by atoms with van der Waals surface area (Å²) in [5.41, 5.74) is 5.43. The minimum Gasteiger partial charge on any atom is -0.461 e. The number of nitrogens with one attached hydrogen (secondary N) is 1. The zero-order valence-corrected chi connectivity index (χ0v) is 14.9. The Morgan fingerprint density at radius 3 is 2.48 bits per heavy atom. The fraction of sp³-hybridized carbons (Fsp3) is 0.227. The van der Waals surface area contributed by atoms with Crippen LogP contribution in [0.5, 0.6) is 0 Å². The van der Waals surface area contributed by atoms with Crippen molar-refractivity contribution in [2.75, 3.05) is 5.32 Å². The van der Waals surface area contributed by atoms with Crippen molar-refractivity contribution in [2.24, 2.45) is 0 Å². The number of carbonyl (C=O) groups is 1. The predicted molar refractivity (Wildman–Crippen MR) is 102 cm³/mol. The van der Waals surface area contributed by atoms with Gasteiger partial charge in [-0.3, -0.25) is 4.79 Å². The molecule has 3 rings (SSSR count). The number of aryl methyl sites for hydroxylation is 3. The van der Waals surface area contributed by atoms with Gasteiger partial charge in [0.25, 0.3) is 0 Å². The van der Waals surface area contributed by atoms with Crippen LogP contribution in [-0.2, 0) is 11.2 Å². The van der Waals surface area contributed by atoms with Crippen molar-refractivity contribution in [3.05, 3.63) is 77.0 Å². The number of furan rings is 1. The van der Waals surface area contributed by atoms with Gasteiger partial charge in [-0.05, 0) is 50.1 Å². The van der Waals surface area contributed by atoms with Gasteiger partial charge in [-0.2, -0.15) is 0 Å². The molecule has 0 radical (unpaired) electrons. The fourth-order valence-corrected chi connectivity index (χ4v) is 2.72. The molecular weight excluding hydrogens is 310 g/mol. The summed E-state index contributed by atoms with van der Waals surface area (Å²) in [6.07, 6.45) is 0.983. The molecule has 2 aromatic carbocycles. The van der Waals surface area contributed by atoms with Crippen molar-refractivity contribution in [1.82, 2.24) is 0 Å². The Balaban J connectivity index is 1.59. The second kappa shape index (κ2) is 7.39. The van der Waals surface area contributed by atoms with E-state index in [0.717, 1.165) is 28.3 Å². The van der Waals surface area contributed by atoms with Crippen LogP contribution in [0.4, 0.5) is 5.69 Å². The average Bonchev–Trinajstić information content (AvgIpc) is 3.07. The Morgan fingerprint density at radius 2 is 1.72 bits per heavy atom. The van der Waals surface area contributed by atoms with Crippen molar-refractivity contribution in [3.63, 3.8) is 0 Å². The molecule has 3 aromatic rings. The van der Waals surface area contributed by atoms with Gasteiger partial charge in [0.2, 0.25) is 5.91 Å². The largest absolute Gasteiger partial charge is 0.461 e. The minimum absolute atomic E-state index is 0.00184. The first-order valence-corrected chi connectivity index (χ1v) is 8.55. The van der Waals surface area contributed by atoms with Gasteiger partial charge in [0, 0.05) is 24.1 Å². The molecule has 0 fully saturated rings. The van der Waals surface area contributed by atoms with Crippen LogP contribution >= 0.6 is 0 Å². The topological polar surface area (TPSA) is 42.2 Å². The van der Waals surface area contributed by atoms with Gasteiger partial charge in [0.05, 0.1) is 0 Å². The minimum atomic E-state index is 0.00184. The molecule has 0 saturated carbocycles. The number of hydrogen-bond acceptors (Lipinski definition) is 2. The van der Waals surface area contributed by atoms with E-state index < -0.39 is 0 Å². The quantitative estimate of drug-likeness (QED) is 0.675. The first-order chi connectivity index (χ1) is 12.0. The number of benzene rings is 2. The number of amides is 1. The van der Waals surface area contributed by atoms with Crippen LogP contribution in [0.2, 0.25) is 0 Å². The molecule has 25 heavy (non-hydrogen) atoms. The summed E-state index contributed by atoms with van der Waals surface area (Å²) in [7, 11) is 0. The van der Waals surface area contributed by atoms with Crippen LogP contribution in [0, 0.1) is 20.8 Å². The molecule has 1 heterocycles. The Kier molecular flexibility index (Phi) is 5.03. The molecule has 3 nitrogen and oxygen atoms in total. The summed E-state index contributed by atoms with van der Waals surface area (Å²) in [4.78, 5) is 12.2. The highest BCUT2D eigenvalue weighted by molar-refractivity contribution is 5.91. The van der Waals surface area contributed by atoms with Crippen molar-refractivity contribution in [3.8, 4) is 11.3 Å². The van der Waals surface area contributed by atoms with Gasteiger partial charge in [0.1, 0.15) is 11.5 Å². The highest BCUT2D eigenvalue weighted by atomic mass is 16.3. The second-order valence-electron chi connectivity index (χ2n) is 6.43. The normalized spacial score (nSPS) is 10.7. The maximum Gasteiger partial charge on any atom is 0.224 e. The maximum absolute atomic E-state index is 12.2. The van der Waals surface area contributed by atoms with Crippen molar-refractivity contribution in [2.45, 2.75) is 33.6 Å². The van der Waals surface area contributed by atoms with E-state index in [-0.39, 0.29) is 5.91 Å². The summed E-state index contributed by atoms with van der Waals surface area (Å²) in [5.74, 6) is 1.67. The Bertz CT molecular complexity index is 875. The lowest BCUT2D eigenvalue weighted by Gasteiger charge is -2.09. The first-order valence-electron chi connectivity index (χ1n) is 8.55. The third-order valence-electron chi connectivity index (χ3n) is 4.47. The summed E-state index contributed by atoms with van der Waals surface area (Å²) in [5, 5.41) is 2.99. The lowest BCUT2D eigenvalue weighted by molar-refractivity contribution is -0.116. The predicted octanol–water partition coefficient (Wildman–Crippen LogP) is 5.44. The van der Waals surface area contributed by atoms with Gasteiger partial charge in [-0.25, -0.2) is 0 Å². The SMILES string of the molecule is Cc1ccc(-c2ccc(CCC(=O)Nc3cccc(C)c3C)o2)cc1. The van der Waals surface area contributed by atoms with E-state index in [9.17, 15) is 4.79 Å². The van der Waals surface area contributed by atoms with Gasteiger partial charge < -0.3 is 9.73 Å². The molecule has 1 amide bonds. The van der Waals surface area contributed by atoms with E-state index in [0.29, 0.717) is 12.8 Å². The van der Waals surface area contributed by atoms with Crippen LogP contribution in [0.3, 0.4) is 0 Å². The third kappa shape index (κ3) is 4.18. The molecule has 1 N–H and O–H groups in total. The Hall–Kier alpha value is -2.81. The number of hydrogen-bond donors (Lipinski definition) is 1. The van der Waals surface area contributed by atoms with E-state index >= 15 is 0 Å². The molecule has 0 spiro atoms. The second-order valence-corrected chi connectivity index (χ2v) is 6.43. The highest BCUT2D eigenvalue weighted by Crippen LogP contribution is 2.23. The molecule has 0 aliphatic heterocycles. The van der Waals surface area contributed by atoms with E-state index in [4.69, 9.17) is 4.42 Å². The van der Waals surface area contributed by atoms with Crippen molar-refractivity contribution in [1.29, 1.82) is 0 Å². The van der Waals surface area contributed by atoms with E-state index in [1.165, 1.54) is 11.1 Å². The van der Waals surface area contributed by atoms with E-state index in [1.54, 1.807) is 0 Å². The molecule has 1 aromatic heterocycles. The van der Waals surface area contributed by atoms with E-state index in [1.807, 2.05) is 56.3 Å². The molecule has 0 atom stereocenters. The third-order valence-corrected chi connectivity index (χ3v) is 4.47. The van der Waals surface area contributed by atoms with Crippen molar-refractivity contribution >= 4 is 11.6 Å². The molecule has 128 valence electrons. The Labute approximate surface area is 148 Å². The van der Waals surface area contributed by atoms with Crippen molar-refractivity contribution < 1.29 is 9.21 Å². The van der Waals surface area contributed by atoms with Gasteiger partial charge >= 0.3 is 0 Å². The first kappa shape index (κ1) is 17.0. The van der Waals surface area contributed by atoms with Crippen LogP contribution < -0.4 is 5.32 Å². The lowest BCUT2D eigenvalue weighted by atomic mass is 10.1. The zero-order valence-electron chi connectivity index (χ0n) is 14.9. The lowest BCUT2D eigenvalue weighted by Crippen LogP contribution is -2.13. The van der Waals surface area contributed by atoms with Crippen LogP contribution in [0.15, 0.2) is 59.0 Å². The number of anilines is 1. The fourth-order valence-electron chi connectivity index (χ4n) is 2.72.